The Morgan fingerprint density at radius 2 is 1.38 bits per heavy atom. The van der Waals surface area contributed by atoms with Gasteiger partial charge >= 0.3 is 0 Å². The lowest BCUT2D eigenvalue weighted by Crippen LogP contribution is -2.16. The van der Waals surface area contributed by atoms with Gasteiger partial charge in [-0.25, -0.2) is 0 Å². The van der Waals surface area contributed by atoms with Crippen molar-refractivity contribution in [1.29, 1.82) is 5.41 Å². The predicted octanol–water partition coefficient (Wildman–Crippen LogP) is 5.00. The average Bonchev–Trinajstić information content (AvgIpc) is 2.48. The first kappa shape index (κ1) is 17.7. The van der Waals surface area contributed by atoms with Gasteiger partial charge in [-0.1, -0.05) is 52.2 Å². The Balaban J connectivity index is 3.22. The van der Waals surface area contributed by atoms with Crippen molar-refractivity contribution in [1.82, 2.24) is 0 Å². The second-order valence-electron chi connectivity index (χ2n) is 5.95. The van der Waals surface area contributed by atoms with Gasteiger partial charge in [0.05, 0.1) is 0 Å². The van der Waals surface area contributed by atoms with E-state index < -0.39 is 0 Å². The largest absolute Gasteiger partial charge is 0.384 e. The molecule has 0 fully saturated rings. The van der Waals surface area contributed by atoms with Gasteiger partial charge in [-0.15, -0.1) is 0 Å². The number of nitrogen functional groups attached to an aromatic ring is 1. The molecule has 0 saturated carbocycles. The number of aryl methyl sites for hydroxylation is 1. The number of nitrogens with one attached hydrogen (secondary N) is 1. The van der Waals surface area contributed by atoms with Crippen molar-refractivity contribution in [3.8, 4) is 0 Å². The maximum absolute atomic E-state index is 7.87. The maximum Gasteiger partial charge on any atom is 0.123 e. The molecule has 2 heteroatoms. The molecule has 2 nitrogen and oxygen atoms in total. The van der Waals surface area contributed by atoms with E-state index >= 15 is 0 Å². The molecule has 0 spiro atoms. The maximum atomic E-state index is 7.87. The summed E-state index contributed by atoms with van der Waals surface area (Å²) in [5, 5.41) is 7.87. The van der Waals surface area contributed by atoms with E-state index in [1.807, 2.05) is 0 Å². The highest BCUT2D eigenvalue weighted by Gasteiger charge is 2.14. The number of hydrogen-bond acceptors (Lipinski definition) is 1. The van der Waals surface area contributed by atoms with E-state index in [-0.39, 0.29) is 5.84 Å². The Kier molecular flexibility index (Phi) is 8.11. The molecule has 1 aromatic rings. The fourth-order valence-corrected chi connectivity index (χ4v) is 2.90. The second-order valence-corrected chi connectivity index (χ2v) is 5.95. The van der Waals surface area contributed by atoms with Crippen molar-refractivity contribution in [2.75, 3.05) is 0 Å². The Morgan fingerprint density at radius 1 is 0.857 bits per heavy atom. The molecule has 0 aromatic heterocycles. The molecule has 0 bridgehead atoms. The van der Waals surface area contributed by atoms with Crippen LogP contribution in [-0.4, -0.2) is 5.84 Å². The molecular weight excluding hydrogens is 256 g/mol. The third kappa shape index (κ3) is 5.18. The van der Waals surface area contributed by atoms with Gasteiger partial charge in [-0.2, -0.15) is 0 Å². The molecule has 0 aliphatic heterocycles. The number of rotatable bonds is 10. The standard InChI is InChI=1S/C19H32N2/c1-4-7-10-15-13-14-18(19(20)21)17(12-9-6-3)16(15)11-8-5-2/h13-14H,4-12H2,1-3H3,(H3,20,21). The van der Waals surface area contributed by atoms with Crippen LogP contribution in [0.3, 0.4) is 0 Å². The number of unbranched alkanes of at least 4 members (excludes halogenated alkanes) is 3. The summed E-state index contributed by atoms with van der Waals surface area (Å²) in [6, 6.07) is 4.29. The molecule has 0 aliphatic carbocycles. The van der Waals surface area contributed by atoms with E-state index in [2.05, 4.69) is 32.9 Å². The summed E-state index contributed by atoms with van der Waals surface area (Å²) in [5.41, 5.74) is 11.1. The number of nitrogens with two attached hydrogens (primary N) is 1. The van der Waals surface area contributed by atoms with Gasteiger partial charge in [0.25, 0.3) is 0 Å². The van der Waals surface area contributed by atoms with Gasteiger partial charge in [0.2, 0.25) is 0 Å². The van der Waals surface area contributed by atoms with Gasteiger partial charge < -0.3 is 5.73 Å². The molecule has 3 N–H and O–H groups in total. The predicted molar refractivity (Wildman–Crippen MR) is 93.3 cm³/mol. The van der Waals surface area contributed by atoms with Crippen LogP contribution in [0.25, 0.3) is 0 Å². The monoisotopic (exact) mass is 288 g/mol. The minimum Gasteiger partial charge on any atom is -0.384 e. The summed E-state index contributed by atoms with van der Waals surface area (Å²) in [6.07, 6.45) is 10.6. The minimum atomic E-state index is 0.223. The number of amidine groups is 1. The molecular formula is C19H32N2. The average molecular weight is 288 g/mol. The Labute approximate surface area is 130 Å². The van der Waals surface area contributed by atoms with Crippen LogP contribution in [0.4, 0.5) is 0 Å². The lowest BCUT2D eigenvalue weighted by molar-refractivity contribution is 0.734. The minimum absolute atomic E-state index is 0.223. The topological polar surface area (TPSA) is 49.9 Å². The SMILES string of the molecule is CCCCc1ccc(C(=N)N)c(CCCC)c1CCCC. The zero-order chi connectivity index (χ0) is 15.7. The van der Waals surface area contributed by atoms with Crippen LogP contribution in [0.5, 0.6) is 0 Å². The van der Waals surface area contributed by atoms with Crippen molar-refractivity contribution in [2.24, 2.45) is 5.73 Å². The Hall–Kier alpha value is -1.31. The van der Waals surface area contributed by atoms with E-state index in [4.69, 9.17) is 11.1 Å². The van der Waals surface area contributed by atoms with Crippen molar-refractivity contribution in [3.05, 3.63) is 34.4 Å². The Morgan fingerprint density at radius 3 is 1.90 bits per heavy atom. The molecule has 0 heterocycles. The molecule has 0 aliphatic rings. The fraction of sp³-hybridized carbons (Fsp3) is 0.632. The molecule has 0 atom stereocenters. The molecule has 1 aromatic carbocycles. The summed E-state index contributed by atoms with van der Waals surface area (Å²) in [7, 11) is 0. The van der Waals surface area contributed by atoms with E-state index in [0.29, 0.717) is 0 Å². The van der Waals surface area contributed by atoms with Crippen LogP contribution in [0.15, 0.2) is 12.1 Å². The molecule has 0 amide bonds. The van der Waals surface area contributed by atoms with Crippen LogP contribution in [0, 0.1) is 5.41 Å². The highest BCUT2D eigenvalue weighted by Crippen LogP contribution is 2.25. The molecule has 0 radical (unpaired) electrons. The molecule has 0 unspecified atom stereocenters. The van der Waals surface area contributed by atoms with Gasteiger partial charge in [0.15, 0.2) is 0 Å². The number of hydrogen-bond donors (Lipinski definition) is 2. The smallest absolute Gasteiger partial charge is 0.123 e. The molecule has 0 saturated heterocycles. The number of benzene rings is 1. The summed E-state index contributed by atoms with van der Waals surface area (Å²) in [4.78, 5) is 0. The fourth-order valence-electron chi connectivity index (χ4n) is 2.90. The van der Waals surface area contributed by atoms with E-state index in [0.717, 1.165) is 24.8 Å². The van der Waals surface area contributed by atoms with E-state index in [9.17, 15) is 0 Å². The van der Waals surface area contributed by atoms with Gasteiger partial charge in [-0.3, -0.25) is 5.41 Å². The van der Waals surface area contributed by atoms with Crippen molar-refractivity contribution in [2.45, 2.75) is 78.6 Å². The lowest BCUT2D eigenvalue weighted by atomic mass is 9.87. The third-order valence-electron chi connectivity index (χ3n) is 4.18. The summed E-state index contributed by atoms with van der Waals surface area (Å²) in [6.45, 7) is 6.71. The van der Waals surface area contributed by atoms with Crippen molar-refractivity contribution < 1.29 is 0 Å². The highest BCUT2D eigenvalue weighted by atomic mass is 14.7. The lowest BCUT2D eigenvalue weighted by Gasteiger charge is -2.18. The summed E-state index contributed by atoms with van der Waals surface area (Å²) >= 11 is 0. The van der Waals surface area contributed by atoms with Crippen LogP contribution >= 0.6 is 0 Å². The van der Waals surface area contributed by atoms with Crippen molar-refractivity contribution in [3.63, 3.8) is 0 Å². The molecule has 118 valence electrons. The first-order chi connectivity index (χ1) is 10.2. The zero-order valence-electron chi connectivity index (χ0n) is 14.1. The second kappa shape index (κ2) is 9.59. The van der Waals surface area contributed by atoms with E-state index in [1.54, 1.807) is 0 Å². The van der Waals surface area contributed by atoms with Crippen LogP contribution < -0.4 is 5.73 Å². The van der Waals surface area contributed by atoms with Crippen LogP contribution in [0.1, 0.15) is 81.5 Å². The quantitative estimate of drug-likeness (QED) is 0.462. The van der Waals surface area contributed by atoms with Crippen LogP contribution in [0.2, 0.25) is 0 Å². The first-order valence-electron chi connectivity index (χ1n) is 8.63. The summed E-state index contributed by atoms with van der Waals surface area (Å²) < 4.78 is 0. The van der Waals surface area contributed by atoms with Gasteiger partial charge in [-0.05, 0) is 55.2 Å². The van der Waals surface area contributed by atoms with E-state index in [1.165, 1.54) is 55.2 Å². The molecule has 21 heavy (non-hydrogen) atoms. The van der Waals surface area contributed by atoms with Crippen molar-refractivity contribution >= 4 is 5.84 Å². The normalized spacial score (nSPS) is 10.8. The third-order valence-corrected chi connectivity index (χ3v) is 4.18. The zero-order valence-corrected chi connectivity index (χ0v) is 14.1. The van der Waals surface area contributed by atoms with Gasteiger partial charge in [0.1, 0.15) is 5.84 Å². The van der Waals surface area contributed by atoms with Gasteiger partial charge in [0, 0.05) is 5.56 Å². The summed E-state index contributed by atoms with van der Waals surface area (Å²) in [5.74, 6) is 0.223. The highest BCUT2D eigenvalue weighted by molar-refractivity contribution is 5.96. The first-order valence-corrected chi connectivity index (χ1v) is 8.63. The Bertz CT molecular complexity index is 449. The molecule has 1 rings (SSSR count). The van der Waals surface area contributed by atoms with Crippen LogP contribution in [-0.2, 0) is 19.3 Å².